The Bertz CT molecular complexity index is 1190. The average Bonchev–Trinajstić information content (AvgIpc) is 3.18. The lowest BCUT2D eigenvalue weighted by Gasteiger charge is -2.33. The molecule has 1 N–H and O–H groups in total. The summed E-state index contributed by atoms with van der Waals surface area (Å²) in [6.07, 6.45) is 3.67. The normalized spacial score (nSPS) is 15.0. The monoisotopic (exact) mass is 400 g/mol. The molecule has 0 unspecified atom stereocenters. The van der Waals surface area contributed by atoms with E-state index in [4.69, 9.17) is 4.42 Å². The fourth-order valence-corrected chi connectivity index (χ4v) is 4.07. The molecule has 30 heavy (non-hydrogen) atoms. The molecular formula is C24H24N4O2. The van der Waals surface area contributed by atoms with Gasteiger partial charge >= 0.3 is 0 Å². The number of anilines is 2. The van der Waals surface area contributed by atoms with Crippen molar-refractivity contribution in [1.29, 1.82) is 0 Å². The molecule has 6 nitrogen and oxygen atoms in total. The highest BCUT2D eigenvalue weighted by molar-refractivity contribution is 6.09. The Morgan fingerprint density at radius 2 is 1.90 bits per heavy atom. The minimum absolute atomic E-state index is 0.0835. The highest BCUT2D eigenvalue weighted by Gasteiger charge is 2.16. The average molecular weight is 400 g/mol. The highest BCUT2D eigenvalue weighted by Crippen LogP contribution is 2.30. The number of furan rings is 1. The number of nitrogens with zero attached hydrogens (tertiary/aromatic N) is 3. The predicted molar refractivity (Wildman–Crippen MR) is 120 cm³/mol. The molecule has 0 bridgehead atoms. The smallest absolute Gasteiger partial charge is 0.228 e. The van der Waals surface area contributed by atoms with Crippen molar-refractivity contribution >= 4 is 39.2 Å². The number of benzene rings is 2. The van der Waals surface area contributed by atoms with Gasteiger partial charge in [-0.15, -0.1) is 0 Å². The summed E-state index contributed by atoms with van der Waals surface area (Å²) in [5, 5.41) is 6.20. The minimum Gasteiger partial charge on any atom is -0.464 e. The summed E-state index contributed by atoms with van der Waals surface area (Å²) in [5.74, 6) is 0.869. The number of carbonyl (C=O) groups is 1. The van der Waals surface area contributed by atoms with E-state index in [1.807, 2.05) is 36.4 Å². The Balaban J connectivity index is 1.30. The van der Waals surface area contributed by atoms with E-state index in [2.05, 4.69) is 39.3 Å². The maximum Gasteiger partial charge on any atom is 0.228 e. The van der Waals surface area contributed by atoms with Gasteiger partial charge in [-0.1, -0.05) is 30.3 Å². The first kappa shape index (κ1) is 18.6. The maximum absolute atomic E-state index is 12.7. The largest absolute Gasteiger partial charge is 0.464 e. The van der Waals surface area contributed by atoms with Gasteiger partial charge in [-0.3, -0.25) is 4.79 Å². The molecule has 152 valence electrons. The molecule has 1 aliphatic rings. The number of carbonyl (C=O) groups excluding carboxylic acids is 1. The molecular weight excluding hydrogens is 376 g/mol. The van der Waals surface area contributed by atoms with Crippen LogP contribution in [0.25, 0.3) is 21.7 Å². The number of nitrogens with one attached hydrogen (secondary N) is 1. The van der Waals surface area contributed by atoms with E-state index in [0.717, 1.165) is 59.3 Å². The maximum atomic E-state index is 12.7. The molecule has 2 aromatic carbocycles. The third-order valence-corrected chi connectivity index (χ3v) is 5.75. The molecule has 6 heteroatoms. The van der Waals surface area contributed by atoms with Gasteiger partial charge in [0.15, 0.2) is 0 Å². The Morgan fingerprint density at radius 1 is 1.07 bits per heavy atom. The minimum atomic E-state index is -0.0835. The lowest BCUT2D eigenvalue weighted by atomic mass is 10.0. The first-order chi connectivity index (χ1) is 14.7. The molecule has 3 heterocycles. The first-order valence-corrected chi connectivity index (χ1v) is 10.2. The molecule has 0 atom stereocenters. The van der Waals surface area contributed by atoms with Gasteiger partial charge in [0.2, 0.25) is 5.91 Å². The topological polar surface area (TPSA) is 61.6 Å². The standard InChI is InChI=1S/C24H24N4O2/c1-27-10-12-28(13-11-27)22-9-7-19(15-25-22)26-23(29)14-18-16-30-21-8-6-17-4-2-3-5-20(17)24(18)21/h2-9,15-16H,10-14H2,1H3,(H,26,29). The molecule has 4 aromatic rings. The Morgan fingerprint density at radius 3 is 2.70 bits per heavy atom. The molecule has 1 fully saturated rings. The van der Waals surface area contributed by atoms with Crippen LogP contribution in [0.2, 0.25) is 0 Å². The SMILES string of the molecule is CN1CCN(c2ccc(NC(=O)Cc3coc4ccc5ccccc5c34)cn2)CC1. The molecule has 1 aliphatic heterocycles. The predicted octanol–water partition coefficient (Wildman–Crippen LogP) is 3.91. The summed E-state index contributed by atoms with van der Waals surface area (Å²) in [6.45, 7) is 4.01. The van der Waals surface area contributed by atoms with Gasteiger partial charge in [0.1, 0.15) is 11.4 Å². The molecule has 1 amide bonds. The van der Waals surface area contributed by atoms with Crippen LogP contribution < -0.4 is 10.2 Å². The van der Waals surface area contributed by atoms with Gasteiger partial charge in [0.05, 0.1) is 24.6 Å². The molecule has 0 aliphatic carbocycles. The van der Waals surface area contributed by atoms with E-state index in [-0.39, 0.29) is 12.3 Å². The second kappa shape index (κ2) is 7.80. The summed E-state index contributed by atoms with van der Waals surface area (Å²) in [4.78, 5) is 21.8. The third-order valence-electron chi connectivity index (χ3n) is 5.75. The molecule has 0 radical (unpaired) electrons. The number of hydrogen-bond acceptors (Lipinski definition) is 5. The second-order valence-corrected chi connectivity index (χ2v) is 7.84. The zero-order valence-electron chi connectivity index (χ0n) is 17.0. The Labute approximate surface area is 175 Å². The number of rotatable bonds is 4. The van der Waals surface area contributed by atoms with Gasteiger partial charge in [-0.2, -0.15) is 0 Å². The molecule has 2 aromatic heterocycles. The number of hydrogen-bond donors (Lipinski definition) is 1. The number of piperazine rings is 1. The van der Waals surface area contributed by atoms with Crippen molar-refractivity contribution in [2.45, 2.75) is 6.42 Å². The summed E-state index contributed by atoms with van der Waals surface area (Å²) in [6, 6.07) is 16.0. The van der Waals surface area contributed by atoms with Crippen LogP contribution in [0.5, 0.6) is 0 Å². The van der Waals surface area contributed by atoms with Crippen molar-refractivity contribution in [2.24, 2.45) is 0 Å². The van der Waals surface area contributed by atoms with Crippen LogP contribution in [-0.4, -0.2) is 49.0 Å². The van der Waals surface area contributed by atoms with Gasteiger partial charge in [0.25, 0.3) is 0 Å². The van der Waals surface area contributed by atoms with E-state index in [0.29, 0.717) is 5.69 Å². The first-order valence-electron chi connectivity index (χ1n) is 10.2. The number of amides is 1. The van der Waals surface area contributed by atoms with E-state index in [1.54, 1.807) is 12.5 Å². The molecule has 0 saturated carbocycles. The van der Waals surface area contributed by atoms with Gasteiger partial charge in [-0.25, -0.2) is 4.98 Å². The lowest BCUT2D eigenvalue weighted by molar-refractivity contribution is -0.115. The molecule has 1 saturated heterocycles. The van der Waals surface area contributed by atoms with Crippen LogP contribution in [0, 0.1) is 0 Å². The Hall–Kier alpha value is -3.38. The van der Waals surface area contributed by atoms with E-state index in [1.165, 1.54) is 0 Å². The van der Waals surface area contributed by atoms with E-state index in [9.17, 15) is 4.79 Å². The molecule has 0 spiro atoms. The fourth-order valence-electron chi connectivity index (χ4n) is 4.07. The summed E-state index contributed by atoms with van der Waals surface area (Å²) < 4.78 is 5.70. The number of likely N-dealkylation sites (N-methyl/N-ethyl adjacent to an activating group) is 1. The van der Waals surface area contributed by atoms with Gasteiger partial charge < -0.3 is 19.5 Å². The summed E-state index contributed by atoms with van der Waals surface area (Å²) in [7, 11) is 2.13. The third kappa shape index (κ3) is 3.62. The van der Waals surface area contributed by atoms with Crippen LogP contribution >= 0.6 is 0 Å². The van der Waals surface area contributed by atoms with Crippen molar-refractivity contribution < 1.29 is 9.21 Å². The van der Waals surface area contributed by atoms with Crippen LogP contribution in [0.1, 0.15) is 5.56 Å². The van der Waals surface area contributed by atoms with Gasteiger partial charge in [-0.05, 0) is 36.0 Å². The zero-order chi connectivity index (χ0) is 20.5. The van der Waals surface area contributed by atoms with Crippen molar-refractivity contribution in [1.82, 2.24) is 9.88 Å². The highest BCUT2D eigenvalue weighted by atomic mass is 16.3. The summed E-state index contributed by atoms with van der Waals surface area (Å²) >= 11 is 0. The number of pyridine rings is 1. The van der Waals surface area contributed by atoms with Crippen LogP contribution in [0.3, 0.4) is 0 Å². The lowest BCUT2D eigenvalue weighted by Crippen LogP contribution is -2.44. The van der Waals surface area contributed by atoms with Crippen molar-refractivity contribution in [3.05, 3.63) is 66.6 Å². The number of aromatic nitrogens is 1. The van der Waals surface area contributed by atoms with Crippen molar-refractivity contribution in [3.8, 4) is 0 Å². The van der Waals surface area contributed by atoms with Crippen LogP contribution in [-0.2, 0) is 11.2 Å². The van der Waals surface area contributed by atoms with E-state index >= 15 is 0 Å². The zero-order valence-corrected chi connectivity index (χ0v) is 17.0. The van der Waals surface area contributed by atoms with Crippen molar-refractivity contribution in [3.63, 3.8) is 0 Å². The summed E-state index contributed by atoms with van der Waals surface area (Å²) in [5.41, 5.74) is 2.39. The molecule has 5 rings (SSSR count). The second-order valence-electron chi connectivity index (χ2n) is 7.84. The van der Waals surface area contributed by atoms with Crippen molar-refractivity contribution in [2.75, 3.05) is 43.4 Å². The Kier molecular flexibility index (Phi) is 4.85. The van der Waals surface area contributed by atoms with Crippen LogP contribution in [0.15, 0.2) is 65.4 Å². The van der Waals surface area contributed by atoms with Gasteiger partial charge in [0, 0.05) is 37.1 Å². The van der Waals surface area contributed by atoms with Crippen LogP contribution in [0.4, 0.5) is 11.5 Å². The quantitative estimate of drug-likeness (QED) is 0.563. The number of fused-ring (bicyclic) bond motifs is 3. The fraction of sp³-hybridized carbons (Fsp3) is 0.250. The van der Waals surface area contributed by atoms with E-state index < -0.39 is 0 Å².